The van der Waals surface area contributed by atoms with Crippen LogP contribution in [0, 0.1) is 17.5 Å². The van der Waals surface area contributed by atoms with Crippen LogP contribution in [-0.4, -0.2) is 33.7 Å². The molecule has 0 radical (unpaired) electrons. The van der Waals surface area contributed by atoms with E-state index in [4.69, 9.17) is 9.47 Å². The average Bonchev–Trinajstić information content (AvgIpc) is 2.77. The summed E-state index contributed by atoms with van der Waals surface area (Å²) in [5.74, 6) is -3.78. The van der Waals surface area contributed by atoms with Crippen molar-refractivity contribution in [3.8, 4) is 11.6 Å². The second kappa shape index (κ2) is 8.28. The first-order valence-electron chi connectivity index (χ1n) is 9.37. The summed E-state index contributed by atoms with van der Waals surface area (Å²) in [5, 5.41) is 0. The zero-order valence-corrected chi connectivity index (χ0v) is 18.1. The largest absolute Gasteiger partial charge is 0.491 e. The van der Waals surface area contributed by atoms with Gasteiger partial charge in [-0.05, 0) is 24.3 Å². The van der Waals surface area contributed by atoms with Crippen LogP contribution in [0.2, 0.25) is 0 Å². The zero-order chi connectivity index (χ0) is 23.9. The van der Waals surface area contributed by atoms with E-state index in [9.17, 15) is 26.4 Å². The lowest BCUT2D eigenvalue weighted by Crippen LogP contribution is -2.51. The summed E-state index contributed by atoms with van der Waals surface area (Å²) in [7, 11) is -1.81. The van der Waals surface area contributed by atoms with E-state index >= 15 is 0 Å². The van der Waals surface area contributed by atoms with Crippen LogP contribution in [0.25, 0.3) is 0 Å². The molecule has 8 nitrogen and oxygen atoms in total. The molecule has 172 valence electrons. The van der Waals surface area contributed by atoms with Gasteiger partial charge in [-0.15, -0.1) is 0 Å². The van der Waals surface area contributed by atoms with Crippen molar-refractivity contribution in [3.05, 3.63) is 71.5 Å². The molecule has 2 amide bonds. The van der Waals surface area contributed by atoms with Crippen LogP contribution in [0.4, 0.5) is 29.5 Å². The number of pyridine rings is 1. The lowest BCUT2D eigenvalue weighted by molar-refractivity contribution is 0.253. The summed E-state index contributed by atoms with van der Waals surface area (Å²) in [6.07, 6.45) is 0. The van der Waals surface area contributed by atoms with Crippen LogP contribution < -0.4 is 18.7 Å². The minimum absolute atomic E-state index is 0.0842. The number of hydrogen-bond donors (Lipinski definition) is 0. The molecule has 0 saturated carbocycles. The Labute approximate surface area is 186 Å². The minimum Gasteiger partial charge on any atom is -0.491 e. The summed E-state index contributed by atoms with van der Waals surface area (Å²) in [4.78, 5) is 18.0. The van der Waals surface area contributed by atoms with Crippen molar-refractivity contribution in [1.29, 1.82) is 0 Å². The molecule has 0 bridgehead atoms. The number of hydrogen-bond acceptors (Lipinski definition) is 6. The van der Waals surface area contributed by atoms with Crippen molar-refractivity contribution in [2.45, 2.75) is 11.4 Å². The number of aromatic nitrogens is 1. The number of sulfonamides is 1. The SMILES string of the molecule is COc1ccc(N2C(=O)N(Cc3c(F)cc(F)cc3F)c3ccccc3S2(=O)=O)nc1OC. The maximum absolute atomic E-state index is 14.3. The predicted molar refractivity (Wildman–Crippen MR) is 111 cm³/mol. The third kappa shape index (κ3) is 3.71. The van der Waals surface area contributed by atoms with E-state index in [0.29, 0.717) is 16.4 Å². The van der Waals surface area contributed by atoms with Crippen molar-refractivity contribution >= 4 is 27.6 Å². The topological polar surface area (TPSA) is 89.0 Å². The molecule has 4 rings (SSSR count). The Balaban J connectivity index is 1.89. The molecular weight excluding hydrogens is 463 g/mol. The highest BCUT2D eigenvalue weighted by Crippen LogP contribution is 2.39. The molecular formula is C21H16F3N3O5S. The predicted octanol–water partition coefficient (Wildman–Crippen LogP) is 3.85. The molecule has 1 aliphatic heterocycles. The highest BCUT2D eigenvalue weighted by Gasteiger charge is 2.44. The number of amides is 2. The van der Waals surface area contributed by atoms with Gasteiger partial charge in [0.1, 0.15) is 22.3 Å². The van der Waals surface area contributed by atoms with Crippen molar-refractivity contribution in [2.75, 3.05) is 23.4 Å². The minimum atomic E-state index is -4.45. The molecule has 0 spiro atoms. The molecule has 0 aliphatic carbocycles. The highest BCUT2D eigenvalue weighted by molar-refractivity contribution is 7.94. The molecule has 2 heterocycles. The van der Waals surface area contributed by atoms with E-state index in [0.717, 1.165) is 4.90 Å². The molecule has 0 unspecified atom stereocenters. The second-order valence-electron chi connectivity index (χ2n) is 6.83. The maximum Gasteiger partial charge on any atom is 0.344 e. The van der Waals surface area contributed by atoms with Gasteiger partial charge in [0.25, 0.3) is 15.9 Å². The van der Waals surface area contributed by atoms with E-state index in [1.54, 1.807) is 0 Å². The first-order chi connectivity index (χ1) is 15.7. The number of para-hydroxylation sites is 1. The Hall–Kier alpha value is -3.80. The number of ether oxygens (including phenoxy) is 2. The van der Waals surface area contributed by atoms with Crippen LogP contribution in [-0.2, 0) is 16.6 Å². The molecule has 1 aliphatic rings. The van der Waals surface area contributed by atoms with E-state index in [-0.39, 0.29) is 28.0 Å². The van der Waals surface area contributed by atoms with Gasteiger partial charge in [0.05, 0.1) is 26.5 Å². The van der Waals surface area contributed by atoms with Crippen LogP contribution in [0.15, 0.2) is 53.4 Å². The van der Waals surface area contributed by atoms with Crippen molar-refractivity contribution in [3.63, 3.8) is 0 Å². The summed E-state index contributed by atoms with van der Waals surface area (Å²) >= 11 is 0. The van der Waals surface area contributed by atoms with Crippen molar-refractivity contribution < 1.29 is 35.9 Å². The number of nitrogens with zero attached hydrogens (tertiary/aromatic N) is 3. The van der Waals surface area contributed by atoms with Gasteiger partial charge < -0.3 is 9.47 Å². The molecule has 0 fully saturated rings. The molecule has 0 atom stereocenters. The molecule has 0 saturated heterocycles. The van der Waals surface area contributed by atoms with E-state index in [1.807, 2.05) is 0 Å². The van der Waals surface area contributed by atoms with Gasteiger partial charge in [-0.25, -0.2) is 26.4 Å². The Morgan fingerprint density at radius 3 is 2.27 bits per heavy atom. The molecule has 33 heavy (non-hydrogen) atoms. The molecule has 1 aromatic heterocycles. The summed E-state index contributed by atoms with van der Waals surface area (Å²) < 4.78 is 79.2. The van der Waals surface area contributed by atoms with E-state index < -0.39 is 45.6 Å². The monoisotopic (exact) mass is 479 g/mol. The van der Waals surface area contributed by atoms with Crippen molar-refractivity contribution in [1.82, 2.24) is 4.98 Å². The van der Waals surface area contributed by atoms with E-state index in [2.05, 4.69) is 4.98 Å². The van der Waals surface area contributed by atoms with Gasteiger partial charge in [-0.1, -0.05) is 12.1 Å². The standard InChI is InChI=1S/C21H16F3N3O5S/c1-31-17-7-8-19(25-20(17)32-2)27-21(28)26(11-13-14(23)9-12(22)10-15(13)24)16-5-3-4-6-18(16)33(27,29)30/h3-10H,11H2,1-2H3. The Bertz CT molecular complexity index is 1340. The third-order valence-corrected chi connectivity index (χ3v) is 6.66. The van der Waals surface area contributed by atoms with Crippen LogP contribution in [0.5, 0.6) is 11.6 Å². The number of halogens is 3. The Morgan fingerprint density at radius 1 is 0.970 bits per heavy atom. The summed E-state index contributed by atoms with van der Waals surface area (Å²) in [5.41, 5.74) is -0.707. The van der Waals surface area contributed by atoms with Crippen molar-refractivity contribution in [2.24, 2.45) is 0 Å². The fourth-order valence-corrected chi connectivity index (χ4v) is 4.94. The quantitative estimate of drug-likeness (QED) is 0.552. The van der Waals surface area contributed by atoms with Gasteiger partial charge >= 0.3 is 6.03 Å². The lowest BCUT2D eigenvalue weighted by atomic mass is 10.1. The highest BCUT2D eigenvalue weighted by atomic mass is 32.2. The first-order valence-corrected chi connectivity index (χ1v) is 10.8. The number of benzene rings is 2. The summed E-state index contributed by atoms with van der Waals surface area (Å²) in [6, 6.07) is 7.86. The van der Waals surface area contributed by atoms with Gasteiger partial charge in [-0.2, -0.15) is 9.29 Å². The Kier molecular flexibility index (Phi) is 5.62. The van der Waals surface area contributed by atoms with E-state index in [1.165, 1.54) is 50.6 Å². The van der Waals surface area contributed by atoms with Gasteiger partial charge in [-0.3, -0.25) is 4.90 Å². The molecule has 0 N–H and O–H groups in total. The van der Waals surface area contributed by atoms with Crippen LogP contribution >= 0.6 is 0 Å². The maximum atomic E-state index is 14.3. The average molecular weight is 479 g/mol. The van der Waals surface area contributed by atoms with Gasteiger partial charge in [0, 0.05) is 17.7 Å². The molecule has 12 heteroatoms. The fraction of sp³-hybridized carbons (Fsp3) is 0.143. The third-order valence-electron chi connectivity index (χ3n) is 4.93. The van der Waals surface area contributed by atoms with Crippen LogP contribution in [0.1, 0.15) is 5.56 Å². The smallest absolute Gasteiger partial charge is 0.344 e. The second-order valence-corrected chi connectivity index (χ2v) is 8.59. The lowest BCUT2D eigenvalue weighted by Gasteiger charge is -2.35. The number of methoxy groups -OCH3 is 2. The zero-order valence-electron chi connectivity index (χ0n) is 17.3. The molecule has 3 aromatic rings. The number of rotatable bonds is 5. The normalized spacial score (nSPS) is 14.8. The number of urea groups is 1. The first kappa shape index (κ1) is 22.4. The Morgan fingerprint density at radius 2 is 1.64 bits per heavy atom. The number of carbonyl (C=O) groups excluding carboxylic acids is 1. The van der Waals surface area contributed by atoms with Gasteiger partial charge in [0.15, 0.2) is 11.6 Å². The van der Waals surface area contributed by atoms with Crippen LogP contribution in [0.3, 0.4) is 0 Å². The number of anilines is 2. The molecule has 2 aromatic carbocycles. The van der Waals surface area contributed by atoms with Gasteiger partial charge in [0.2, 0.25) is 0 Å². The number of carbonyl (C=O) groups is 1. The summed E-state index contributed by atoms with van der Waals surface area (Å²) in [6.45, 7) is -0.701. The number of fused-ring (bicyclic) bond motifs is 1. The fourth-order valence-electron chi connectivity index (χ4n) is 3.40.